The molecule has 0 saturated carbocycles. The summed E-state index contributed by atoms with van der Waals surface area (Å²) in [4.78, 5) is 32.4. The second-order valence-corrected chi connectivity index (χ2v) is 9.75. The Bertz CT molecular complexity index is 693. The zero-order chi connectivity index (χ0) is 23.0. The number of benzene rings is 1. The molecule has 0 spiro atoms. The zero-order valence-electron chi connectivity index (χ0n) is 20.4. The first-order chi connectivity index (χ1) is 14.7. The van der Waals surface area contributed by atoms with Gasteiger partial charge in [0, 0.05) is 32.1 Å². The van der Waals surface area contributed by atoms with Crippen molar-refractivity contribution in [1.82, 2.24) is 20.0 Å². The van der Waals surface area contributed by atoms with E-state index in [0.717, 1.165) is 38.0 Å². The molecule has 31 heavy (non-hydrogen) atoms. The molecule has 1 saturated heterocycles. The number of carbonyl (C=O) groups is 2. The number of likely N-dealkylation sites (N-methyl/N-ethyl adjacent to an activating group) is 1. The fourth-order valence-corrected chi connectivity index (χ4v) is 4.66. The van der Waals surface area contributed by atoms with Crippen LogP contribution < -0.4 is 5.32 Å². The van der Waals surface area contributed by atoms with Crippen LogP contribution in [-0.4, -0.2) is 79.9 Å². The highest BCUT2D eigenvalue weighted by molar-refractivity contribution is 5.83. The molecule has 0 aliphatic carbocycles. The van der Waals surface area contributed by atoms with Crippen LogP contribution in [0, 0.1) is 11.3 Å². The lowest BCUT2D eigenvalue weighted by Gasteiger charge is -2.38. The van der Waals surface area contributed by atoms with Crippen molar-refractivity contribution in [3.8, 4) is 0 Å². The van der Waals surface area contributed by atoms with E-state index in [-0.39, 0.29) is 29.2 Å². The summed E-state index contributed by atoms with van der Waals surface area (Å²) in [6.07, 6.45) is 1.57. The number of likely N-dealkylation sites (tertiary alicyclic amines) is 1. The summed E-state index contributed by atoms with van der Waals surface area (Å²) >= 11 is 0. The van der Waals surface area contributed by atoms with E-state index in [4.69, 9.17) is 0 Å². The summed E-state index contributed by atoms with van der Waals surface area (Å²) in [5, 5.41) is 3.17. The second kappa shape index (κ2) is 11.6. The van der Waals surface area contributed by atoms with Gasteiger partial charge in [-0.3, -0.25) is 14.5 Å². The lowest BCUT2D eigenvalue weighted by molar-refractivity contribution is -0.138. The molecule has 1 heterocycles. The Morgan fingerprint density at radius 3 is 2.19 bits per heavy atom. The molecule has 1 aromatic carbocycles. The molecule has 0 radical (unpaired) electrons. The van der Waals surface area contributed by atoms with Crippen molar-refractivity contribution in [2.75, 3.05) is 53.4 Å². The van der Waals surface area contributed by atoms with Gasteiger partial charge in [-0.1, -0.05) is 44.2 Å². The predicted molar refractivity (Wildman–Crippen MR) is 127 cm³/mol. The summed E-state index contributed by atoms with van der Waals surface area (Å²) in [7, 11) is 4.11. The first-order valence-electron chi connectivity index (χ1n) is 11.7. The Balaban J connectivity index is 2.00. The average Bonchev–Trinajstić information content (AvgIpc) is 2.73. The summed E-state index contributed by atoms with van der Waals surface area (Å²) in [6.45, 7) is 12.9. The van der Waals surface area contributed by atoms with Gasteiger partial charge in [-0.25, -0.2) is 0 Å². The number of hydrogen-bond donors (Lipinski definition) is 1. The third-order valence-corrected chi connectivity index (χ3v) is 6.18. The fourth-order valence-electron chi connectivity index (χ4n) is 4.66. The largest absolute Gasteiger partial charge is 0.355 e. The Hall–Kier alpha value is -1.92. The van der Waals surface area contributed by atoms with Gasteiger partial charge in [0.05, 0.1) is 0 Å². The summed E-state index contributed by atoms with van der Waals surface area (Å²) in [5.74, 6) is 0.328. The molecule has 174 valence electrons. The van der Waals surface area contributed by atoms with E-state index in [1.54, 1.807) is 0 Å². The third-order valence-electron chi connectivity index (χ3n) is 6.18. The van der Waals surface area contributed by atoms with Crippen molar-refractivity contribution in [1.29, 1.82) is 0 Å². The van der Waals surface area contributed by atoms with E-state index in [0.29, 0.717) is 19.6 Å². The van der Waals surface area contributed by atoms with Crippen LogP contribution in [0.3, 0.4) is 0 Å². The Morgan fingerprint density at radius 1 is 1.10 bits per heavy atom. The maximum atomic E-state index is 13.3. The van der Waals surface area contributed by atoms with Gasteiger partial charge in [-0.2, -0.15) is 0 Å². The molecule has 1 atom stereocenters. The molecule has 2 rings (SSSR count). The molecule has 0 aromatic heterocycles. The van der Waals surface area contributed by atoms with Crippen molar-refractivity contribution >= 4 is 11.8 Å². The fraction of sp³-hybridized carbons (Fsp3) is 0.680. The van der Waals surface area contributed by atoms with Crippen LogP contribution in [0.25, 0.3) is 0 Å². The molecule has 1 fully saturated rings. The van der Waals surface area contributed by atoms with Gasteiger partial charge in [0.1, 0.15) is 6.04 Å². The van der Waals surface area contributed by atoms with E-state index < -0.39 is 0 Å². The summed E-state index contributed by atoms with van der Waals surface area (Å²) in [5.41, 5.74) is 1.07. The molecular weight excluding hydrogens is 388 g/mol. The molecule has 6 nitrogen and oxygen atoms in total. The summed E-state index contributed by atoms with van der Waals surface area (Å²) < 4.78 is 0. The highest BCUT2D eigenvalue weighted by Gasteiger charge is 2.35. The van der Waals surface area contributed by atoms with Gasteiger partial charge in [0.2, 0.25) is 11.8 Å². The lowest BCUT2D eigenvalue weighted by atomic mass is 9.90. The first kappa shape index (κ1) is 25.3. The zero-order valence-corrected chi connectivity index (χ0v) is 20.4. The normalized spacial score (nSPS) is 16.9. The predicted octanol–water partition coefficient (Wildman–Crippen LogP) is 3.01. The SMILES string of the molecule is CCN(CC)C(=O)C(c1ccccc1)N1CCC(C(=O)NCC(C)(C)CN(C)C)CC1. The van der Waals surface area contributed by atoms with Crippen LogP contribution in [0.5, 0.6) is 0 Å². The number of nitrogens with one attached hydrogen (secondary N) is 1. The molecule has 1 N–H and O–H groups in total. The van der Waals surface area contributed by atoms with Crippen molar-refractivity contribution in [2.45, 2.75) is 46.6 Å². The van der Waals surface area contributed by atoms with Gasteiger partial charge in [0.25, 0.3) is 0 Å². The molecule has 2 amide bonds. The second-order valence-electron chi connectivity index (χ2n) is 9.75. The number of amides is 2. The van der Waals surface area contributed by atoms with E-state index in [1.165, 1.54) is 0 Å². The molecule has 6 heteroatoms. The van der Waals surface area contributed by atoms with Gasteiger partial charge in [0.15, 0.2) is 0 Å². The summed E-state index contributed by atoms with van der Waals surface area (Å²) in [6, 6.07) is 9.77. The maximum absolute atomic E-state index is 13.3. The quantitative estimate of drug-likeness (QED) is 0.620. The highest BCUT2D eigenvalue weighted by Crippen LogP contribution is 2.29. The van der Waals surface area contributed by atoms with E-state index in [9.17, 15) is 9.59 Å². The monoisotopic (exact) mass is 430 g/mol. The number of hydrogen-bond acceptors (Lipinski definition) is 4. The Labute approximate surface area is 189 Å². The van der Waals surface area contributed by atoms with Gasteiger partial charge in [-0.05, 0) is 64.9 Å². The van der Waals surface area contributed by atoms with Gasteiger partial charge < -0.3 is 15.1 Å². The maximum Gasteiger partial charge on any atom is 0.244 e. The molecular formula is C25H42N4O2. The van der Waals surface area contributed by atoms with Crippen molar-refractivity contribution in [3.05, 3.63) is 35.9 Å². The standard InChI is InChI=1S/C25H42N4O2/c1-7-28(8-2)24(31)22(20-12-10-9-11-13-20)29-16-14-21(15-17-29)23(30)26-18-25(3,4)19-27(5)6/h9-13,21-22H,7-8,14-19H2,1-6H3,(H,26,30). The number of rotatable bonds is 10. The minimum absolute atomic E-state index is 0.0198. The Morgan fingerprint density at radius 2 is 1.68 bits per heavy atom. The molecule has 1 aliphatic rings. The van der Waals surface area contributed by atoms with Crippen LogP contribution in [0.4, 0.5) is 0 Å². The van der Waals surface area contributed by atoms with E-state index in [1.807, 2.05) is 49.1 Å². The number of nitrogens with zero attached hydrogens (tertiary/aromatic N) is 3. The van der Waals surface area contributed by atoms with Crippen LogP contribution in [0.15, 0.2) is 30.3 Å². The number of carbonyl (C=O) groups excluding carboxylic acids is 2. The van der Waals surface area contributed by atoms with E-state index in [2.05, 4.69) is 43.1 Å². The molecule has 1 unspecified atom stereocenters. The van der Waals surface area contributed by atoms with Gasteiger partial charge >= 0.3 is 0 Å². The lowest BCUT2D eigenvalue weighted by Crippen LogP contribution is -2.48. The van der Waals surface area contributed by atoms with Crippen LogP contribution in [-0.2, 0) is 9.59 Å². The van der Waals surface area contributed by atoms with Crippen LogP contribution >= 0.6 is 0 Å². The smallest absolute Gasteiger partial charge is 0.244 e. The van der Waals surface area contributed by atoms with Gasteiger partial charge in [-0.15, -0.1) is 0 Å². The average molecular weight is 431 g/mol. The molecule has 1 aliphatic heterocycles. The minimum Gasteiger partial charge on any atom is -0.355 e. The van der Waals surface area contributed by atoms with Crippen LogP contribution in [0.1, 0.15) is 52.1 Å². The van der Waals surface area contributed by atoms with Crippen molar-refractivity contribution in [3.63, 3.8) is 0 Å². The van der Waals surface area contributed by atoms with Crippen LogP contribution in [0.2, 0.25) is 0 Å². The topological polar surface area (TPSA) is 55.9 Å². The number of piperidine rings is 1. The third kappa shape index (κ3) is 7.32. The molecule has 0 bridgehead atoms. The van der Waals surface area contributed by atoms with Crippen molar-refractivity contribution in [2.24, 2.45) is 11.3 Å². The van der Waals surface area contributed by atoms with E-state index >= 15 is 0 Å². The first-order valence-corrected chi connectivity index (χ1v) is 11.7. The minimum atomic E-state index is -0.274. The van der Waals surface area contributed by atoms with Crippen molar-refractivity contribution < 1.29 is 9.59 Å². The molecule has 1 aromatic rings. The highest BCUT2D eigenvalue weighted by atomic mass is 16.2. The Kier molecular flexibility index (Phi) is 9.51.